The van der Waals surface area contributed by atoms with Crippen LogP contribution in [0.1, 0.15) is 40.5 Å². The first-order chi connectivity index (χ1) is 6.39. The third-order valence-electron chi connectivity index (χ3n) is 3.50. The first-order valence-corrected chi connectivity index (χ1v) is 5.84. The summed E-state index contributed by atoms with van der Waals surface area (Å²) < 4.78 is 0. The lowest BCUT2D eigenvalue weighted by Gasteiger charge is -2.36. The lowest BCUT2D eigenvalue weighted by Crippen LogP contribution is -2.48. The molecule has 1 heterocycles. The van der Waals surface area contributed by atoms with Crippen LogP contribution in [-0.2, 0) is 0 Å². The van der Waals surface area contributed by atoms with E-state index >= 15 is 0 Å². The van der Waals surface area contributed by atoms with Gasteiger partial charge in [-0.05, 0) is 45.3 Å². The van der Waals surface area contributed by atoms with Crippen LogP contribution in [0.25, 0.3) is 0 Å². The Labute approximate surface area is 89.1 Å². The number of likely N-dealkylation sites (tertiary alicyclic amines) is 1. The van der Waals surface area contributed by atoms with E-state index in [4.69, 9.17) is 0 Å². The predicted molar refractivity (Wildman–Crippen MR) is 62.6 cm³/mol. The maximum atomic E-state index is 3.75. The van der Waals surface area contributed by atoms with Gasteiger partial charge in [-0.1, -0.05) is 20.8 Å². The van der Waals surface area contributed by atoms with Crippen molar-refractivity contribution in [2.75, 3.05) is 20.1 Å². The molecule has 0 bridgehead atoms. The summed E-state index contributed by atoms with van der Waals surface area (Å²) in [5, 5.41) is 3.75. The van der Waals surface area contributed by atoms with E-state index in [9.17, 15) is 0 Å². The zero-order chi connectivity index (χ0) is 10.8. The van der Waals surface area contributed by atoms with Crippen LogP contribution in [0.2, 0.25) is 0 Å². The second-order valence-electron chi connectivity index (χ2n) is 5.83. The largest absolute Gasteiger partial charge is 0.311 e. The van der Waals surface area contributed by atoms with Crippen molar-refractivity contribution in [2.24, 2.45) is 5.41 Å². The molecule has 0 radical (unpaired) electrons. The molecule has 1 atom stereocenters. The van der Waals surface area contributed by atoms with E-state index in [1.54, 1.807) is 0 Å². The summed E-state index contributed by atoms with van der Waals surface area (Å²) in [6.07, 6.45) is 2.60. The predicted octanol–water partition coefficient (Wildman–Crippen LogP) is 2.10. The van der Waals surface area contributed by atoms with Crippen molar-refractivity contribution in [1.29, 1.82) is 0 Å². The first kappa shape index (κ1) is 12.0. The number of nitrogens with one attached hydrogen (secondary N) is 1. The number of hydrogen-bond donors (Lipinski definition) is 1. The molecule has 14 heavy (non-hydrogen) atoms. The quantitative estimate of drug-likeness (QED) is 0.731. The van der Waals surface area contributed by atoms with E-state index in [-0.39, 0.29) is 0 Å². The molecule has 2 nitrogen and oxygen atoms in total. The van der Waals surface area contributed by atoms with Gasteiger partial charge in [0.05, 0.1) is 0 Å². The molecule has 0 amide bonds. The smallest absolute Gasteiger partial charge is 0.00941 e. The molecule has 0 saturated carbocycles. The highest BCUT2D eigenvalue weighted by Gasteiger charge is 2.24. The fraction of sp³-hybridized carbons (Fsp3) is 1.00. The Morgan fingerprint density at radius 3 is 2.14 bits per heavy atom. The van der Waals surface area contributed by atoms with Crippen LogP contribution >= 0.6 is 0 Å². The summed E-state index contributed by atoms with van der Waals surface area (Å²) in [7, 11) is 2.21. The van der Waals surface area contributed by atoms with Gasteiger partial charge in [0.1, 0.15) is 0 Å². The lowest BCUT2D eigenvalue weighted by atomic mass is 9.87. The van der Waals surface area contributed by atoms with Crippen LogP contribution in [-0.4, -0.2) is 37.1 Å². The maximum Gasteiger partial charge on any atom is 0.00941 e. The molecule has 0 aliphatic carbocycles. The van der Waals surface area contributed by atoms with Gasteiger partial charge in [-0.15, -0.1) is 0 Å². The van der Waals surface area contributed by atoms with Crippen molar-refractivity contribution < 1.29 is 0 Å². The molecule has 1 rings (SSSR count). The summed E-state index contributed by atoms with van der Waals surface area (Å²) in [6.45, 7) is 11.7. The Morgan fingerprint density at radius 1 is 1.21 bits per heavy atom. The highest BCUT2D eigenvalue weighted by atomic mass is 15.1. The van der Waals surface area contributed by atoms with Crippen molar-refractivity contribution in [1.82, 2.24) is 10.2 Å². The van der Waals surface area contributed by atoms with E-state index < -0.39 is 0 Å². The van der Waals surface area contributed by atoms with E-state index in [1.807, 2.05) is 0 Å². The molecule has 1 N–H and O–H groups in total. The van der Waals surface area contributed by atoms with Gasteiger partial charge in [0.15, 0.2) is 0 Å². The normalized spacial score (nSPS) is 23.8. The van der Waals surface area contributed by atoms with Gasteiger partial charge in [0.2, 0.25) is 0 Å². The highest BCUT2D eigenvalue weighted by molar-refractivity contribution is 4.83. The average molecular weight is 198 g/mol. The molecule has 0 aromatic rings. The van der Waals surface area contributed by atoms with Gasteiger partial charge in [-0.3, -0.25) is 0 Å². The number of hydrogen-bond acceptors (Lipinski definition) is 2. The fourth-order valence-corrected chi connectivity index (χ4v) is 1.78. The van der Waals surface area contributed by atoms with Gasteiger partial charge in [-0.25, -0.2) is 0 Å². The van der Waals surface area contributed by atoms with Gasteiger partial charge < -0.3 is 10.2 Å². The van der Waals surface area contributed by atoms with Gasteiger partial charge >= 0.3 is 0 Å². The SMILES string of the molecule is CC(NC1CCN(C)CC1)C(C)(C)C. The molecule has 1 fully saturated rings. The Balaban J connectivity index is 2.31. The topological polar surface area (TPSA) is 15.3 Å². The van der Waals surface area contributed by atoms with E-state index in [0.717, 1.165) is 6.04 Å². The first-order valence-electron chi connectivity index (χ1n) is 5.84. The van der Waals surface area contributed by atoms with Crippen LogP contribution in [0, 0.1) is 5.41 Å². The molecule has 0 aromatic heterocycles. The number of nitrogens with zero attached hydrogens (tertiary/aromatic N) is 1. The van der Waals surface area contributed by atoms with Gasteiger partial charge in [0.25, 0.3) is 0 Å². The summed E-state index contributed by atoms with van der Waals surface area (Å²) in [5.41, 5.74) is 0.378. The van der Waals surface area contributed by atoms with Crippen molar-refractivity contribution in [3.63, 3.8) is 0 Å². The molecule has 1 saturated heterocycles. The van der Waals surface area contributed by atoms with Crippen LogP contribution in [0.15, 0.2) is 0 Å². The zero-order valence-corrected chi connectivity index (χ0v) is 10.4. The molecule has 0 aromatic carbocycles. The van der Waals surface area contributed by atoms with E-state index in [2.05, 4.69) is 45.0 Å². The molecule has 84 valence electrons. The lowest BCUT2D eigenvalue weighted by molar-refractivity contribution is 0.193. The van der Waals surface area contributed by atoms with Crippen LogP contribution < -0.4 is 5.32 Å². The van der Waals surface area contributed by atoms with Crippen molar-refractivity contribution >= 4 is 0 Å². The molecule has 0 spiro atoms. The van der Waals surface area contributed by atoms with Gasteiger partial charge in [-0.2, -0.15) is 0 Å². The molecule has 1 aliphatic heterocycles. The molecular weight excluding hydrogens is 172 g/mol. The van der Waals surface area contributed by atoms with Crippen LogP contribution in [0.3, 0.4) is 0 Å². The molecule has 1 aliphatic rings. The standard InChI is InChI=1S/C12H26N2/c1-10(12(2,3)4)13-11-6-8-14(5)9-7-11/h10-11,13H,6-9H2,1-5H3. The van der Waals surface area contributed by atoms with E-state index in [0.29, 0.717) is 11.5 Å². The van der Waals surface area contributed by atoms with Crippen LogP contribution in [0.4, 0.5) is 0 Å². The average Bonchev–Trinajstić information content (AvgIpc) is 2.07. The Morgan fingerprint density at radius 2 is 1.71 bits per heavy atom. The minimum atomic E-state index is 0.378. The molecule has 1 unspecified atom stereocenters. The van der Waals surface area contributed by atoms with Gasteiger partial charge in [0, 0.05) is 12.1 Å². The second kappa shape index (κ2) is 4.63. The minimum absolute atomic E-state index is 0.378. The molecular formula is C12H26N2. The van der Waals surface area contributed by atoms with Crippen molar-refractivity contribution in [3.05, 3.63) is 0 Å². The van der Waals surface area contributed by atoms with Crippen molar-refractivity contribution in [3.8, 4) is 0 Å². The summed E-state index contributed by atoms with van der Waals surface area (Å²) in [5.74, 6) is 0. The third kappa shape index (κ3) is 3.58. The number of piperidine rings is 1. The zero-order valence-electron chi connectivity index (χ0n) is 10.4. The fourth-order valence-electron chi connectivity index (χ4n) is 1.78. The highest BCUT2D eigenvalue weighted by Crippen LogP contribution is 2.20. The number of rotatable bonds is 2. The minimum Gasteiger partial charge on any atom is -0.311 e. The van der Waals surface area contributed by atoms with Crippen molar-refractivity contribution in [2.45, 2.75) is 52.6 Å². The molecule has 2 heteroatoms. The Hall–Kier alpha value is -0.0800. The van der Waals surface area contributed by atoms with E-state index in [1.165, 1.54) is 25.9 Å². The monoisotopic (exact) mass is 198 g/mol. The Kier molecular flexibility index (Phi) is 3.96. The third-order valence-corrected chi connectivity index (χ3v) is 3.50. The maximum absolute atomic E-state index is 3.75. The summed E-state index contributed by atoms with van der Waals surface area (Å²) >= 11 is 0. The van der Waals surface area contributed by atoms with Crippen LogP contribution in [0.5, 0.6) is 0 Å². The Bertz CT molecular complexity index is 164. The second-order valence-corrected chi connectivity index (χ2v) is 5.83. The summed E-state index contributed by atoms with van der Waals surface area (Å²) in [6, 6.07) is 1.34. The summed E-state index contributed by atoms with van der Waals surface area (Å²) in [4.78, 5) is 2.42.